The van der Waals surface area contributed by atoms with Crippen molar-refractivity contribution in [1.29, 1.82) is 0 Å². The Morgan fingerprint density at radius 3 is 2.20 bits per heavy atom. The van der Waals surface area contributed by atoms with E-state index in [1.54, 1.807) is 6.92 Å². The van der Waals surface area contributed by atoms with Gasteiger partial charge < -0.3 is 4.52 Å². The first-order chi connectivity index (χ1) is 7.08. The molecule has 0 spiro atoms. The third-order valence-corrected chi connectivity index (χ3v) is 3.46. The van der Waals surface area contributed by atoms with E-state index in [9.17, 15) is 0 Å². The Morgan fingerprint density at radius 1 is 1.13 bits per heavy atom. The van der Waals surface area contributed by atoms with Crippen LogP contribution in [0.1, 0.15) is 5.82 Å². The molecule has 0 aliphatic heterocycles. The average molecular weight is 397 g/mol. The third-order valence-electron chi connectivity index (χ3n) is 1.75. The molecule has 0 unspecified atom stereocenters. The summed E-state index contributed by atoms with van der Waals surface area (Å²) in [5, 5.41) is 3.76. The largest absolute Gasteiger partial charge is 0.334 e. The molecule has 6 heteroatoms. The summed E-state index contributed by atoms with van der Waals surface area (Å²) in [4.78, 5) is 4.18. The fraction of sp³-hybridized carbons (Fsp3) is 0.111. The number of aryl methyl sites for hydroxylation is 1. The van der Waals surface area contributed by atoms with Crippen LogP contribution in [0, 0.1) is 6.92 Å². The molecule has 0 saturated heterocycles. The van der Waals surface area contributed by atoms with Crippen molar-refractivity contribution >= 4 is 47.8 Å². The van der Waals surface area contributed by atoms with E-state index in [-0.39, 0.29) is 0 Å². The summed E-state index contributed by atoms with van der Waals surface area (Å²) < 4.78 is 7.88. The minimum Gasteiger partial charge on any atom is -0.334 e. The van der Waals surface area contributed by atoms with E-state index >= 15 is 0 Å². The van der Waals surface area contributed by atoms with E-state index in [2.05, 4.69) is 57.9 Å². The highest BCUT2D eigenvalue weighted by molar-refractivity contribution is 9.11. The molecule has 1 aromatic heterocycles. The van der Waals surface area contributed by atoms with Gasteiger partial charge in [-0.2, -0.15) is 4.98 Å². The quantitative estimate of drug-likeness (QED) is 0.720. The van der Waals surface area contributed by atoms with E-state index < -0.39 is 0 Å². The van der Waals surface area contributed by atoms with Gasteiger partial charge in [-0.1, -0.05) is 21.1 Å². The fourth-order valence-electron chi connectivity index (χ4n) is 1.15. The minimum atomic E-state index is 0.499. The van der Waals surface area contributed by atoms with E-state index in [4.69, 9.17) is 4.52 Å². The molecule has 0 bridgehead atoms. The van der Waals surface area contributed by atoms with Crippen LogP contribution in [0.25, 0.3) is 11.5 Å². The molecule has 0 aliphatic carbocycles. The van der Waals surface area contributed by atoms with Gasteiger partial charge in [-0.15, -0.1) is 0 Å². The van der Waals surface area contributed by atoms with Gasteiger partial charge in [0.15, 0.2) is 5.82 Å². The lowest BCUT2D eigenvalue weighted by Gasteiger charge is -2.03. The van der Waals surface area contributed by atoms with Crippen LogP contribution in [-0.4, -0.2) is 10.1 Å². The van der Waals surface area contributed by atoms with Gasteiger partial charge in [0.2, 0.25) is 0 Å². The summed E-state index contributed by atoms with van der Waals surface area (Å²) in [5.74, 6) is 1.12. The highest BCUT2D eigenvalue weighted by Crippen LogP contribution is 2.36. The normalized spacial score (nSPS) is 10.7. The Labute approximate surface area is 112 Å². The zero-order chi connectivity index (χ0) is 11.0. The predicted molar refractivity (Wildman–Crippen MR) is 67.6 cm³/mol. The maximum absolute atomic E-state index is 5.12. The highest BCUT2D eigenvalue weighted by atomic mass is 79.9. The monoisotopic (exact) mass is 394 g/mol. The van der Waals surface area contributed by atoms with Crippen LogP contribution in [0.3, 0.4) is 0 Å². The van der Waals surface area contributed by atoms with Gasteiger partial charge in [0, 0.05) is 13.4 Å². The van der Waals surface area contributed by atoms with Crippen molar-refractivity contribution in [2.45, 2.75) is 6.92 Å². The lowest BCUT2D eigenvalue weighted by molar-refractivity contribution is 0.425. The van der Waals surface area contributed by atoms with E-state index in [1.807, 2.05) is 12.1 Å². The molecule has 3 nitrogen and oxygen atoms in total. The smallest absolute Gasteiger partial charge is 0.260 e. The van der Waals surface area contributed by atoms with Crippen LogP contribution in [-0.2, 0) is 0 Å². The lowest BCUT2D eigenvalue weighted by atomic mass is 10.2. The van der Waals surface area contributed by atoms with E-state index in [0.717, 1.165) is 19.0 Å². The minimum absolute atomic E-state index is 0.499. The second kappa shape index (κ2) is 4.35. The lowest BCUT2D eigenvalue weighted by Crippen LogP contribution is -1.83. The molecule has 2 rings (SSSR count). The Balaban J connectivity index is 2.62. The first kappa shape index (κ1) is 11.3. The molecule has 0 atom stereocenters. The summed E-state index contributed by atoms with van der Waals surface area (Å²) in [6, 6.07) is 3.86. The summed E-state index contributed by atoms with van der Waals surface area (Å²) >= 11 is 10.3. The average Bonchev–Trinajstić information content (AvgIpc) is 2.49. The van der Waals surface area contributed by atoms with Gasteiger partial charge in [-0.3, -0.25) is 0 Å². The standard InChI is InChI=1S/C9H5Br3N2O/c1-4-13-9(15-14-4)8-6(11)2-5(10)3-7(8)12/h2-3H,1H3. The Bertz CT molecular complexity index is 487. The van der Waals surface area contributed by atoms with Crippen molar-refractivity contribution in [2.24, 2.45) is 0 Å². The second-order valence-corrected chi connectivity index (χ2v) is 5.52. The van der Waals surface area contributed by atoms with Crippen molar-refractivity contribution < 1.29 is 4.52 Å². The summed E-state index contributed by atoms with van der Waals surface area (Å²) in [6.45, 7) is 1.79. The topological polar surface area (TPSA) is 38.9 Å². The van der Waals surface area contributed by atoms with Crippen molar-refractivity contribution in [3.8, 4) is 11.5 Å². The molecule has 2 aromatic rings. The maximum atomic E-state index is 5.12. The van der Waals surface area contributed by atoms with Crippen LogP contribution in [0.15, 0.2) is 30.1 Å². The van der Waals surface area contributed by atoms with Crippen molar-refractivity contribution in [3.63, 3.8) is 0 Å². The molecule has 0 saturated carbocycles. The van der Waals surface area contributed by atoms with Crippen LogP contribution in [0.4, 0.5) is 0 Å². The van der Waals surface area contributed by atoms with E-state index in [0.29, 0.717) is 11.7 Å². The zero-order valence-corrected chi connectivity index (χ0v) is 12.3. The first-order valence-corrected chi connectivity index (χ1v) is 6.41. The van der Waals surface area contributed by atoms with Gasteiger partial charge >= 0.3 is 0 Å². The third kappa shape index (κ3) is 2.32. The number of rotatable bonds is 1. The molecular weight excluding hydrogens is 392 g/mol. The van der Waals surface area contributed by atoms with Gasteiger partial charge in [-0.05, 0) is 50.9 Å². The fourth-order valence-corrected chi connectivity index (χ4v) is 3.74. The number of hydrogen-bond acceptors (Lipinski definition) is 3. The van der Waals surface area contributed by atoms with Crippen molar-refractivity contribution in [2.75, 3.05) is 0 Å². The summed E-state index contributed by atoms with van der Waals surface area (Å²) in [6.07, 6.45) is 0. The van der Waals surface area contributed by atoms with Gasteiger partial charge in [0.05, 0.1) is 5.56 Å². The molecule has 78 valence electrons. The van der Waals surface area contributed by atoms with Gasteiger partial charge in [-0.25, -0.2) is 0 Å². The zero-order valence-electron chi connectivity index (χ0n) is 7.59. The molecule has 0 fully saturated rings. The highest BCUT2D eigenvalue weighted by Gasteiger charge is 2.14. The number of hydrogen-bond donors (Lipinski definition) is 0. The van der Waals surface area contributed by atoms with Crippen molar-refractivity contribution in [3.05, 3.63) is 31.4 Å². The molecule has 0 amide bonds. The molecule has 0 N–H and O–H groups in total. The molecule has 1 aromatic carbocycles. The molecule has 0 radical (unpaired) electrons. The van der Waals surface area contributed by atoms with Crippen LogP contribution >= 0.6 is 47.8 Å². The predicted octanol–water partition coefficient (Wildman–Crippen LogP) is 4.33. The number of aromatic nitrogens is 2. The molecular formula is C9H5Br3N2O. The Kier molecular flexibility index (Phi) is 3.27. The van der Waals surface area contributed by atoms with Gasteiger partial charge in [0.25, 0.3) is 5.89 Å². The van der Waals surface area contributed by atoms with E-state index in [1.165, 1.54) is 0 Å². The van der Waals surface area contributed by atoms with Crippen LogP contribution in [0.2, 0.25) is 0 Å². The number of halogens is 3. The van der Waals surface area contributed by atoms with Crippen LogP contribution in [0.5, 0.6) is 0 Å². The summed E-state index contributed by atoms with van der Waals surface area (Å²) in [5.41, 5.74) is 0.860. The number of benzene rings is 1. The molecule has 1 heterocycles. The van der Waals surface area contributed by atoms with Crippen LogP contribution < -0.4 is 0 Å². The Morgan fingerprint density at radius 2 is 1.73 bits per heavy atom. The summed E-state index contributed by atoms with van der Waals surface area (Å²) in [7, 11) is 0. The van der Waals surface area contributed by atoms with Crippen molar-refractivity contribution in [1.82, 2.24) is 10.1 Å². The SMILES string of the molecule is Cc1noc(-c2c(Br)cc(Br)cc2Br)n1. The maximum Gasteiger partial charge on any atom is 0.260 e. The number of nitrogens with zero attached hydrogens (tertiary/aromatic N) is 2. The second-order valence-electron chi connectivity index (χ2n) is 2.89. The molecule has 0 aliphatic rings. The molecule has 15 heavy (non-hydrogen) atoms. The Hall–Kier alpha value is -0.200. The first-order valence-electron chi connectivity index (χ1n) is 4.03. The van der Waals surface area contributed by atoms with Gasteiger partial charge in [0.1, 0.15) is 0 Å².